The van der Waals surface area contributed by atoms with Crippen molar-refractivity contribution in [1.82, 2.24) is 14.5 Å². The number of urea groups is 1. The highest BCUT2D eigenvalue weighted by Crippen LogP contribution is 2.28. The fourth-order valence-corrected chi connectivity index (χ4v) is 4.13. The monoisotopic (exact) mass is 506 g/mol. The summed E-state index contributed by atoms with van der Waals surface area (Å²) < 4.78 is 12.3. The number of rotatable bonds is 8. The summed E-state index contributed by atoms with van der Waals surface area (Å²) in [5, 5.41) is 3.93. The molecule has 0 radical (unpaired) electrons. The Labute approximate surface area is 214 Å². The number of nitrogens with zero attached hydrogens (tertiary/aromatic N) is 3. The quantitative estimate of drug-likeness (QED) is 0.351. The summed E-state index contributed by atoms with van der Waals surface area (Å²) in [4.78, 5) is 33.6. The number of ether oxygens (including phenoxy) is 2. The first-order chi connectivity index (χ1) is 17.4. The molecule has 4 rings (SSSR count). The Morgan fingerprint density at radius 3 is 2.47 bits per heavy atom. The fraction of sp³-hybridized carbons (Fsp3) is 0.222. The van der Waals surface area contributed by atoms with Gasteiger partial charge < -0.3 is 19.7 Å². The number of anilines is 1. The Bertz CT molecular complexity index is 1420. The summed E-state index contributed by atoms with van der Waals surface area (Å²) in [6, 6.07) is 20.2. The number of aromatic nitrogens is 2. The minimum Gasteiger partial charge on any atom is -0.495 e. The second-order valence-electron chi connectivity index (χ2n) is 8.10. The molecule has 0 saturated carbocycles. The Hall–Kier alpha value is -3.88. The van der Waals surface area contributed by atoms with Crippen molar-refractivity contribution in [3.63, 3.8) is 0 Å². The van der Waals surface area contributed by atoms with Gasteiger partial charge in [-0.15, -0.1) is 0 Å². The average Bonchev–Trinajstić information content (AvgIpc) is 2.90. The molecule has 36 heavy (non-hydrogen) atoms. The highest BCUT2D eigenvalue weighted by Gasteiger charge is 2.27. The van der Waals surface area contributed by atoms with E-state index in [0.29, 0.717) is 45.5 Å². The Morgan fingerprint density at radius 1 is 1.06 bits per heavy atom. The largest absolute Gasteiger partial charge is 0.495 e. The van der Waals surface area contributed by atoms with Gasteiger partial charge in [-0.3, -0.25) is 9.36 Å². The van der Waals surface area contributed by atoms with Crippen LogP contribution in [-0.2, 0) is 4.74 Å². The number of benzene rings is 3. The highest BCUT2D eigenvalue weighted by molar-refractivity contribution is 6.30. The number of carbonyl (C=O) groups excluding carboxylic acids is 1. The molecule has 0 spiro atoms. The average molecular weight is 507 g/mol. The number of fused-ring (bicyclic) bond motifs is 1. The van der Waals surface area contributed by atoms with Gasteiger partial charge in [0.1, 0.15) is 11.6 Å². The molecule has 0 aliphatic rings. The minimum absolute atomic E-state index is 0.253. The third-order valence-electron chi connectivity index (χ3n) is 5.86. The van der Waals surface area contributed by atoms with Gasteiger partial charge in [-0.05, 0) is 55.5 Å². The van der Waals surface area contributed by atoms with E-state index in [1.165, 1.54) is 4.57 Å². The van der Waals surface area contributed by atoms with Crippen molar-refractivity contribution in [2.24, 2.45) is 0 Å². The van der Waals surface area contributed by atoms with Crippen LogP contribution in [-0.4, -0.2) is 47.9 Å². The lowest BCUT2D eigenvalue weighted by Crippen LogP contribution is -2.41. The molecule has 0 fully saturated rings. The van der Waals surface area contributed by atoms with E-state index in [1.807, 2.05) is 25.1 Å². The summed E-state index contributed by atoms with van der Waals surface area (Å²) >= 11 is 5.98. The number of nitrogens with one attached hydrogen (secondary N) is 1. The highest BCUT2D eigenvalue weighted by atomic mass is 35.5. The van der Waals surface area contributed by atoms with Crippen molar-refractivity contribution in [3.8, 4) is 11.4 Å². The van der Waals surface area contributed by atoms with Gasteiger partial charge in [0.15, 0.2) is 0 Å². The second-order valence-corrected chi connectivity index (χ2v) is 8.54. The molecule has 0 aliphatic heterocycles. The number of para-hydroxylation sites is 3. The number of hydrogen-bond donors (Lipinski definition) is 1. The molecule has 0 aliphatic carbocycles. The lowest BCUT2D eigenvalue weighted by atomic mass is 10.1. The molecule has 1 atom stereocenters. The Morgan fingerprint density at radius 2 is 1.75 bits per heavy atom. The van der Waals surface area contributed by atoms with Crippen LogP contribution in [0.1, 0.15) is 18.8 Å². The Balaban J connectivity index is 1.85. The van der Waals surface area contributed by atoms with E-state index in [-0.39, 0.29) is 18.1 Å². The predicted molar refractivity (Wildman–Crippen MR) is 141 cm³/mol. The summed E-state index contributed by atoms with van der Waals surface area (Å²) in [6.07, 6.45) is 0. The fourth-order valence-electron chi connectivity index (χ4n) is 4.01. The molecule has 8 nitrogen and oxygen atoms in total. The van der Waals surface area contributed by atoms with E-state index < -0.39 is 6.04 Å². The van der Waals surface area contributed by atoms with Gasteiger partial charge in [-0.25, -0.2) is 9.78 Å². The molecule has 0 saturated heterocycles. The van der Waals surface area contributed by atoms with Crippen molar-refractivity contribution in [3.05, 3.63) is 94.0 Å². The molecule has 1 unspecified atom stereocenters. The van der Waals surface area contributed by atoms with Crippen LogP contribution in [0.5, 0.6) is 5.75 Å². The molecule has 9 heteroatoms. The van der Waals surface area contributed by atoms with Crippen LogP contribution >= 0.6 is 11.6 Å². The van der Waals surface area contributed by atoms with E-state index >= 15 is 0 Å². The van der Waals surface area contributed by atoms with Crippen LogP contribution in [0.4, 0.5) is 10.5 Å². The van der Waals surface area contributed by atoms with E-state index in [1.54, 1.807) is 73.7 Å². The number of halogens is 1. The second kappa shape index (κ2) is 11.2. The minimum atomic E-state index is -0.602. The first-order valence-corrected chi connectivity index (χ1v) is 11.8. The van der Waals surface area contributed by atoms with Gasteiger partial charge in [0, 0.05) is 24.4 Å². The maximum Gasteiger partial charge on any atom is 0.322 e. The molecule has 1 aromatic heterocycles. The maximum absolute atomic E-state index is 13.8. The van der Waals surface area contributed by atoms with E-state index in [9.17, 15) is 9.59 Å². The van der Waals surface area contributed by atoms with Crippen LogP contribution in [0, 0.1) is 0 Å². The van der Waals surface area contributed by atoms with Crippen molar-refractivity contribution in [2.45, 2.75) is 13.0 Å². The standard InChI is InChI=1S/C27H27ClN4O4/c1-18(31(16-17-35-2)27(34)29-20-14-12-19(28)13-15-20)25-30-22-9-5-4-8-21(22)26(33)32(25)23-10-6-7-11-24(23)36-3/h4-15,18H,16-17H2,1-3H3,(H,29,34). The van der Waals surface area contributed by atoms with E-state index in [0.717, 1.165) is 0 Å². The summed E-state index contributed by atoms with van der Waals surface area (Å²) in [7, 11) is 3.12. The molecule has 4 aromatic rings. The van der Waals surface area contributed by atoms with Crippen LogP contribution in [0.15, 0.2) is 77.6 Å². The van der Waals surface area contributed by atoms with Gasteiger partial charge >= 0.3 is 6.03 Å². The smallest absolute Gasteiger partial charge is 0.322 e. The first kappa shape index (κ1) is 25.2. The summed E-state index contributed by atoms with van der Waals surface area (Å²) in [5.41, 5.74) is 1.42. The van der Waals surface area contributed by atoms with Crippen molar-refractivity contribution < 1.29 is 14.3 Å². The summed E-state index contributed by atoms with van der Waals surface area (Å²) in [5.74, 6) is 0.907. The predicted octanol–water partition coefficient (Wildman–Crippen LogP) is 5.29. The zero-order chi connectivity index (χ0) is 25.7. The maximum atomic E-state index is 13.8. The number of carbonyl (C=O) groups is 1. The zero-order valence-electron chi connectivity index (χ0n) is 20.3. The van der Waals surface area contributed by atoms with Gasteiger partial charge in [0.2, 0.25) is 0 Å². The van der Waals surface area contributed by atoms with Crippen molar-refractivity contribution >= 4 is 34.2 Å². The molecule has 0 bridgehead atoms. The molecule has 1 N–H and O–H groups in total. The molecule has 2 amide bonds. The van der Waals surface area contributed by atoms with E-state index in [4.69, 9.17) is 26.1 Å². The molecule has 1 heterocycles. The van der Waals surface area contributed by atoms with Gasteiger partial charge in [-0.2, -0.15) is 0 Å². The number of amides is 2. The molecule has 186 valence electrons. The number of hydrogen-bond acceptors (Lipinski definition) is 5. The van der Waals surface area contributed by atoms with Gasteiger partial charge in [-0.1, -0.05) is 35.9 Å². The van der Waals surface area contributed by atoms with Crippen LogP contribution < -0.4 is 15.6 Å². The van der Waals surface area contributed by atoms with Crippen LogP contribution in [0.25, 0.3) is 16.6 Å². The topological polar surface area (TPSA) is 85.7 Å². The molecular formula is C27H27ClN4O4. The molecular weight excluding hydrogens is 480 g/mol. The van der Waals surface area contributed by atoms with Crippen molar-refractivity contribution in [2.75, 3.05) is 32.7 Å². The Kier molecular flexibility index (Phi) is 7.87. The lowest BCUT2D eigenvalue weighted by Gasteiger charge is -2.30. The third-order valence-corrected chi connectivity index (χ3v) is 6.11. The van der Waals surface area contributed by atoms with Crippen molar-refractivity contribution in [1.29, 1.82) is 0 Å². The number of methoxy groups -OCH3 is 2. The first-order valence-electron chi connectivity index (χ1n) is 11.4. The zero-order valence-corrected chi connectivity index (χ0v) is 21.0. The summed E-state index contributed by atoms with van der Waals surface area (Å²) in [6.45, 7) is 2.40. The SMILES string of the molecule is COCCN(C(=O)Nc1ccc(Cl)cc1)C(C)c1nc2ccccc2c(=O)n1-c1ccccc1OC. The molecule has 3 aromatic carbocycles. The van der Waals surface area contributed by atoms with Gasteiger partial charge in [0.05, 0.1) is 36.3 Å². The normalized spacial score (nSPS) is 11.8. The van der Waals surface area contributed by atoms with E-state index in [2.05, 4.69) is 5.32 Å². The van der Waals surface area contributed by atoms with Crippen LogP contribution in [0.3, 0.4) is 0 Å². The van der Waals surface area contributed by atoms with Gasteiger partial charge in [0.25, 0.3) is 5.56 Å². The van der Waals surface area contributed by atoms with Crippen LogP contribution in [0.2, 0.25) is 5.02 Å². The lowest BCUT2D eigenvalue weighted by molar-refractivity contribution is 0.137. The third kappa shape index (κ3) is 5.19.